The molecule has 0 atom stereocenters. The standard InChI is InChI=1S/C29H41N2.C11H27P2Si.C5H12.ClH.Ti/c1-18(2)24-13-11-14-25(19(3)4)28(24)30-22(9)17-23(10)31-29-26(20(5)6)15-12-16-27(29)21(7)8;1-10(2,3)13(11(4,5)6)12-14(7,8)9;1-3-5-4-2;;/h11-21H,1-10H3;1-9H3;3-5H2,1-2H3;1H;/q2*-1;;;+3/p-1/b22-17-,31-23?;;;;. The first-order chi connectivity index (χ1) is 22.8. The largest absolute Gasteiger partial charge is 3.00 e. The van der Waals surface area contributed by atoms with E-state index in [0.29, 0.717) is 34.0 Å². The molecule has 2 rings (SSSR count). The van der Waals surface area contributed by atoms with Crippen molar-refractivity contribution in [3.05, 3.63) is 75.7 Å². The molecule has 0 saturated carbocycles. The minimum atomic E-state index is -0.939. The van der Waals surface area contributed by atoms with Crippen LogP contribution in [0.5, 0.6) is 0 Å². The average molecular weight is 823 g/mol. The SMILES string of the molecule is CC(/C=C(/C)[N-]c1c(C(C)C)cccc1C(C)C)=Nc1c(C(C)C)cccc1C(C)C.CC(C)(C)P([P-][Si](C)(C)C)C(C)(C)C.CCCCC.[Cl-].[Ti+3]. The smallest absolute Gasteiger partial charge is 1.00 e. The molecule has 7 heteroatoms. The Bertz CT molecular complexity index is 1280. The molecule has 52 heavy (non-hydrogen) atoms. The third-order valence-electron chi connectivity index (χ3n) is 8.06. The molecule has 2 aromatic rings. The summed E-state index contributed by atoms with van der Waals surface area (Å²) in [5.74, 6) is 1.75. The molecular formula is C45H80ClN2P2SiTi. The molecule has 0 spiro atoms. The van der Waals surface area contributed by atoms with Crippen LogP contribution in [0.4, 0.5) is 11.4 Å². The van der Waals surface area contributed by atoms with Crippen molar-refractivity contribution in [3.8, 4) is 0 Å². The summed E-state index contributed by atoms with van der Waals surface area (Å²) in [6.07, 6.45) is 6.19. The van der Waals surface area contributed by atoms with Crippen molar-refractivity contribution in [1.82, 2.24) is 0 Å². The molecule has 0 amide bonds. The summed E-state index contributed by atoms with van der Waals surface area (Å²) in [5, 5.41) is 6.07. The maximum absolute atomic E-state index is 5.08. The molecular weight excluding hydrogens is 742 g/mol. The number of hydrogen-bond acceptors (Lipinski definition) is 1. The van der Waals surface area contributed by atoms with Crippen LogP contribution in [0.2, 0.25) is 19.6 Å². The average Bonchev–Trinajstić information content (AvgIpc) is 2.95. The molecule has 0 aliphatic rings. The van der Waals surface area contributed by atoms with E-state index in [1.165, 1.54) is 41.5 Å². The van der Waals surface area contributed by atoms with Gasteiger partial charge in [0.05, 0.1) is 5.69 Å². The summed E-state index contributed by atoms with van der Waals surface area (Å²) in [7, 11) is 0.944. The molecule has 295 valence electrons. The Balaban J connectivity index is -0.000000956. The van der Waals surface area contributed by atoms with Crippen LogP contribution in [0, 0.1) is 0 Å². The van der Waals surface area contributed by atoms with Gasteiger partial charge in [-0.3, -0.25) is 12.6 Å². The van der Waals surface area contributed by atoms with E-state index in [0.717, 1.165) is 22.8 Å². The van der Waals surface area contributed by atoms with E-state index in [1.54, 1.807) is 7.82 Å². The molecule has 2 nitrogen and oxygen atoms in total. The fraction of sp³-hybridized carbons (Fsp3) is 0.667. The maximum Gasteiger partial charge on any atom is 3.00 e. The van der Waals surface area contributed by atoms with E-state index < -0.39 is 7.74 Å². The minimum Gasteiger partial charge on any atom is -1.00 e. The van der Waals surface area contributed by atoms with Crippen LogP contribution in [0.15, 0.2) is 53.2 Å². The number of hydrogen-bond donors (Lipinski definition) is 0. The summed E-state index contributed by atoms with van der Waals surface area (Å²) in [5.41, 5.74) is 9.45. The predicted octanol–water partition coefficient (Wildman–Crippen LogP) is 14.8. The molecule has 0 unspecified atom stereocenters. The summed E-state index contributed by atoms with van der Waals surface area (Å²) < 4.78 is 0. The Morgan fingerprint density at radius 1 is 0.712 bits per heavy atom. The van der Waals surface area contributed by atoms with E-state index in [2.05, 4.69) is 187 Å². The molecule has 0 bridgehead atoms. The quantitative estimate of drug-likeness (QED) is 0.116. The van der Waals surface area contributed by atoms with Crippen LogP contribution in [-0.4, -0.2) is 23.8 Å². The van der Waals surface area contributed by atoms with E-state index in [4.69, 9.17) is 10.3 Å². The molecule has 0 fully saturated rings. The van der Waals surface area contributed by atoms with Crippen LogP contribution in [0.3, 0.4) is 0 Å². The van der Waals surface area contributed by atoms with Gasteiger partial charge in [0, 0.05) is 5.71 Å². The van der Waals surface area contributed by atoms with E-state index in [1.807, 2.05) is 0 Å². The van der Waals surface area contributed by atoms with Gasteiger partial charge < -0.3 is 25.5 Å². The Morgan fingerprint density at radius 3 is 1.31 bits per heavy atom. The number of para-hydroxylation sites is 2. The third kappa shape index (κ3) is 21.1. The molecule has 2 aromatic carbocycles. The van der Waals surface area contributed by atoms with Crippen molar-refractivity contribution in [2.45, 2.75) is 198 Å². The van der Waals surface area contributed by atoms with Gasteiger partial charge in [-0.15, -0.1) is 5.69 Å². The van der Waals surface area contributed by atoms with Crippen LogP contribution in [0.25, 0.3) is 5.32 Å². The molecule has 0 aromatic heterocycles. The first kappa shape index (κ1) is 56.1. The first-order valence-corrected chi connectivity index (χ1v) is 26.8. The third-order valence-corrected chi connectivity index (χ3v) is 24.6. The fourth-order valence-electron chi connectivity index (χ4n) is 5.96. The van der Waals surface area contributed by atoms with Gasteiger partial charge in [0.1, 0.15) is 0 Å². The summed E-state index contributed by atoms with van der Waals surface area (Å²) >= 11 is 0. The van der Waals surface area contributed by atoms with Crippen molar-refractivity contribution < 1.29 is 34.1 Å². The number of rotatable bonds is 12. The van der Waals surface area contributed by atoms with E-state index in [9.17, 15) is 0 Å². The number of benzene rings is 2. The van der Waals surface area contributed by atoms with Gasteiger partial charge in [0.2, 0.25) is 0 Å². The van der Waals surface area contributed by atoms with Gasteiger partial charge >= 0.3 is 21.7 Å². The maximum atomic E-state index is 5.08. The summed E-state index contributed by atoms with van der Waals surface area (Å²) in [6.45, 7) is 48.4. The molecule has 0 saturated heterocycles. The Morgan fingerprint density at radius 2 is 1.06 bits per heavy atom. The van der Waals surface area contributed by atoms with Gasteiger partial charge in [-0.1, -0.05) is 218 Å². The van der Waals surface area contributed by atoms with Gasteiger partial charge in [-0.05, 0) is 52.0 Å². The number of allylic oxidation sites excluding steroid dienone is 2. The minimum absolute atomic E-state index is 0. The fourth-order valence-corrected chi connectivity index (χ4v) is 23.6. The number of unbranched alkanes of at least 4 members (excludes halogenated alkanes) is 2. The normalized spacial score (nSPS) is 12.9. The second kappa shape index (κ2) is 25.8. The summed E-state index contributed by atoms with van der Waals surface area (Å²) in [4.78, 5) is 5.08. The topological polar surface area (TPSA) is 26.5 Å². The zero-order chi connectivity index (χ0) is 39.2. The molecule has 0 aliphatic carbocycles. The van der Waals surface area contributed by atoms with Crippen LogP contribution in [0.1, 0.15) is 190 Å². The van der Waals surface area contributed by atoms with Crippen molar-refractivity contribution in [3.63, 3.8) is 0 Å². The number of aliphatic imine (C=N–C) groups is 1. The van der Waals surface area contributed by atoms with Crippen molar-refractivity contribution >= 4 is 40.3 Å². The van der Waals surface area contributed by atoms with Crippen molar-refractivity contribution in [1.29, 1.82) is 0 Å². The van der Waals surface area contributed by atoms with E-state index in [-0.39, 0.29) is 41.7 Å². The zero-order valence-electron chi connectivity index (χ0n) is 37.6. The van der Waals surface area contributed by atoms with Gasteiger partial charge in [-0.2, -0.15) is 5.70 Å². The molecule has 0 heterocycles. The van der Waals surface area contributed by atoms with Crippen molar-refractivity contribution in [2.24, 2.45) is 4.99 Å². The Kier molecular flexibility index (Phi) is 27.8. The second-order valence-electron chi connectivity index (χ2n) is 18.1. The monoisotopic (exact) mass is 821 g/mol. The van der Waals surface area contributed by atoms with E-state index >= 15 is 0 Å². The molecule has 0 N–H and O–H groups in total. The predicted molar refractivity (Wildman–Crippen MR) is 241 cm³/mol. The Hall–Kier alpha value is -0.269. The first-order valence-electron chi connectivity index (χ1n) is 19.5. The zero-order valence-corrected chi connectivity index (χ0v) is 42.7. The van der Waals surface area contributed by atoms with Gasteiger partial charge in [0.25, 0.3) is 0 Å². The molecule has 0 aliphatic heterocycles. The number of halogens is 1. The van der Waals surface area contributed by atoms with Crippen molar-refractivity contribution in [2.75, 3.05) is 0 Å². The van der Waals surface area contributed by atoms with Crippen LogP contribution in [-0.2, 0) is 21.7 Å². The summed E-state index contributed by atoms with van der Waals surface area (Å²) in [6, 6.07) is 13.1. The van der Waals surface area contributed by atoms with Gasteiger partial charge in [0.15, 0.2) is 0 Å². The van der Waals surface area contributed by atoms with Gasteiger partial charge in [-0.25, -0.2) is 0 Å². The molecule has 1 radical (unpaired) electrons. The second-order valence-corrected chi connectivity index (χ2v) is 33.6. The number of nitrogens with zero attached hydrogens (tertiary/aromatic N) is 2. The van der Waals surface area contributed by atoms with Crippen LogP contribution >= 0.6 is 15.4 Å². The van der Waals surface area contributed by atoms with Crippen LogP contribution < -0.4 is 12.4 Å². The Labute approximate surface area is 350 Å².